The quantitative estimate of drug-likeness (QED) is 0.814. The summed E-state index contributed by atoms with van der Waals surface area (Å²) < 4.78 is 11.1. The van der Waals surface area contributed by atoms with E-state index in [4.69, 9.17) is 9.47 Å². The van der Waals surface area contributed by atoms with E-state index < -0.39 is 0 Å². The molecule has 6 nitrogen and oxygen atoms in total. The highest BCUT2D eigenvalue weighted by Crippen LogP contribution is 2.43. The Labute approximate surface area is 161 Å². The third-order valence-electron chi connectivity index (χ3n) is 6.32. The van der Waals surface area contributed by atoms with E-state index in [-0.39, 0.29) is 18.1 Å². The highest BCUT2D eigenvalue weighted by Gasteiger charge is 2.54. The summed E-state index contributed by atoms with van der Waals surface area (Å²) in [4.78, 5) is 17.3. The standard InChI is InChI=1S/C21H31N3O3/c1-15-4-3-5-16(12-15)24-9-7-23(8-10-24)13-19(25)22-20-17-6-11-27-21(17)18(20)14-26-2/h3-5,12,17-18,20-21H,6-11,13-14H2,1-2H3,(H,22,25)/t17-,18+,20+,21-/m0/s1. The van der Waals surface area contributed by atoms with Crippen LogP contribution in [-0.2, 0) is 14.3 Å². The molecule has 1 saturated carbocycles. The van der Waals surface area contributed by atoms with Gasteiger partial charge in [0.1, 0.15) is 0 Å². The third-order valence-corrected chi connectivity index (χ3v) is 6.32. The molecule has 0 unspecified atom stereocenters. The van der Waals surface area contributed by atoms with Gasteiger partial charge in [0.15, 0.2) is 0 Å². The number of rotatable bonds is 6. The molecular weight excluding hydrogens is 342 g/mol. The summed E-state index contributed by atoms with van der Waals surface area (Å²) in [6, 6.07) is 8.84. The molecule has 0 radical (unpaired) electrons. The maximum atomic E-state index is 12.6. The molecule has 2 saturated heterocycles. The van der Waals surface area contributed by atoms with Gasteiger partial charge in [-0.05, 0) is 31.0 Å². The number of ether oxygens (including phenoxy) is 2. The number of methoxy groups -OCH3 is 1. The van der Waals surface area contributed by atoms with Gasteiger partial charge in [0.2, 0.25) is 5.91 Å². The van der Waals surface area contributed by atoms with Crippen LogP contribution in [-0.4, -0.2) is 76.0 Å². The van der Waals surface area contributed by atoms with Crippen molar-refractivity contribution in [3.05, 3.63) is 29.8 Å². The van der Waals surface area contributed by atoms with Crippen molar-refractivity contribution >= 4 is 11.6 Å². The minimum Gasteiger partial charge on any atom is -0.384 e. The lowest BCUT2D eigenvalue weighted by molar-refractivity contribution is -0.130. The summed E-state index contributed by atoms with van der Waals surface area (Å²) in [6.07, 6.45) is 1.32. The van der Waals surface area contributed by atoms with Crippen molar-refractivity contribution in [2.24, 2.45) is 11.8 Å². The normalized spacial score (nSPS) is 30.7. The van der Waals surface area contributed by atoms with Crippen molar-refractivity contribution in [3.63, 3.8) is 0 Å². The van der Waals surface area contributed by atoms with Gasteiger partial charge in [0.05, 0.1) is 19.3 Å². The minimum atomic E-state index is 0.135. The van der Waals surface area contributed by atoms with Crippen LogP contribution in [0.3, 0.4) is 0 Å². The van der Waals surface area contributed by atoms with Crippen molar-refractivity contribution in [2.75, 3.05) is 57.9 Å². The number of benzene rings is 1. The van der Waals surface area contributed by atoms with Crippen LogP contribution in [0.5, 0.6) is 0 Å². The minimum absolute atomic E-state index is 0.135. The van der Waals surface area contributed by atoms with E-state index in [9.17, 15) is 4.79 Å². The Morgan fingerprint density at radius 2 is 2.11 bits per heavy atom. The lowest BCUT2D eigenvalue weighted by atomic mass is 9.67. The van der Waals surface area contributed by atoms with Crippen LogP contribution in [0.4, 0.5) is 5.69 Å². The average Bonchev–Trinajstić information content (AvgIpc) is 3.09. The molecule has 4 rings (SSSR count). The van der Waals surface area contributed by atoms with Gasteiger partial charge in [-0.25, -0.2) is 0 Å². The van der Waals surface area contributed by atoms with E-state index in [0.717, 1.165) is 39.2 Å². The zero-order chi connectivity index (χ0) is 18.8. The Bertz CT molecular complexity index is 660. The summed E-state index contributed by atoms with van der Waals surface area (Å²) in [7, 11) is 1.72. The fourth-order valence-electron chi connectivity index (χ4n) is 4.86. The molecule has 6 heteroatoms. The fourth-order valence-corrected chi connectivity index (χ4v) is 4.86. The molecule has 0 spiro atoms. The topological polar surface area (TPSA) is 54.0 Å². The molecule has 148 valence electrons. The van der Waals surface area contributed by atoms with Crippen molar-refractivity contribution in [1.29, 1.82) is 0 Å². The monoisotopic (exact) mass is 373 g/mol. The number of piperazine rings is 1. The van der Waals surface area contributed by atoms with E-state index in [1.54, 1.807) is 7.11 Å². The Morgan fingerprint density at radius 3 is 2.85 bits per heavy atom. The molecule has 2 aliphatic heterocycles. The van der Waals surface area contributed by atoms with Gasteiger partial charge in [-0.2, -0.15) is 0 Å². The molecule has 2 heterocycles. The Hall–Kier alpha value is -1.63. The first-order valence-electron chi connectivity index (χ1n) is 10.1. The van der Waals surface area contributed by atoms with Crippen LogP contribution in [0.2, 0.25) is 0 Å². The van der Waals surface area contributed by atoms with Gasteiger partial charge in [-0.1, -0.05) is 12.1 Å². The van der Waals surface area contributed by atoms with Crippen molar-refractivity contribution in [1.82, 2.24) is 10.2 Å². The first-order chi connectivity index (χ1) is 13.2. The lowest BCUT2D eigenvalue weighted by Gasteiger charge is -2.47. The van der Waals surface area contributed by atoms with Crippen LogP contribution in [0.15, 0.2) is 24.3 Å². The number of hydrogen-bond acceptors (Lipinski definition) is 5. The zero-order valence-corrected chi connectivity index (χ0v) is 16.4. The number of carbonyl (C=O) groups excluding carboxylic acids is 1. The summed E-state index contributed by atoms with van der Waals surface area (Å²) in [6.45, 7) is 7.84. The second-order valence-corrected chi connectivity index (χ2v) is 8.10. The zero-order valence-electron chi connectivity index (χ0n) is 16.4. The first-order valence-corrected chi connectivity index (χ1v) is 10.1. The summed E-state index contributed by atoms with van der Waals surface area (Å²) in [5.41, 5.74) is 2.57. The predicted octanol–water partition coefficient (Wildman–Crippen LogP) is 1.28. The van der Waals surface area contributed by atoms with Gasteiger partial charge in [-0.15, -0.1) is 0 Å². The Balaban J connectivity index is 1.25. The number of fused-ring (bicyclic) bond motifs is 1. The number of hydrogen-bond donors (Lipinski definition) is 1. The Morgan fingerprint density at radius 1 is 1.30 bits per heavy atom. The van der Waals surface area contributed by atoms with Crippen LogP contribution in [0.1, 0.15) is 12.0 Å². The van der Waals surface area contributed by atoms with E-state index in [1.807, 2.05) is 0 Å². The predicted molar refractivity (Wildman–Crippen MR) is 105 cm³/mol. The van der Waals surface area contributed by atoms with E-state index in [2.05, 4.69) is 46.3 Å². The molecule has 4 atom stereocenters. The Kier molecular flexibility index (Phi) is 5.66. The van der Waals surface area contributed by atoms with Gasteiger partial charge in [0.25, 0.3) is 0 Å². The third kappa shape index (κ3) is 3.98. The van der Waals surface area contributed by atoms with Crippen LogP contribution >= 0.6 is 0 Å². The highest BCUT2D eigenvalue weighted by molar-refractivity contribution is 5.78. The summed E-state index contributed by atoms with van der Waals surface area (Å²) >= 11 is 0. The second-order valence-electron chi connectivity index (χ2n) is 8.10. The number of anilines is 1. The van der Waals surface area contributed by atoms with Crippen LogP contribution in [0.25, 0.3) is 0 Å². The summed E-state index contributed by atoms with van der Waals surface area (Å²) in [5.74, 6) is 0.896. The molecular formula is C21H31N3O3. The van der Waals surface area contributed by atoms with E-state index >= 15 is 0 Å². The second kappa shape index (κ2) is 8.17. The highest BCUT2D eigenvalue weighted by atomic mass is 16.5. The molecule has 1 amide bonds. The molecule has 27 heavy (non-hydrogen) atoms. The molecule has 0 bridgehead atoms. The molecule has 1 aromatic carbocycles. The van der Waals surface area contributed by atoms with Gasteiger partial charge in [0, 0.05) is 63.5 Å². The lowest BCUT2D eigenvalue weighted by Crippen LogP contribution is -2.63. The molecule has 1 aromatic rings. The SMILES string of the molecule is COC[C@@H]1[C@H](NC(=O)CN2CCN(c3cccc(C)c3)CC2)[C@@H]2CCO[C@H]12. The van der Waals surface area contributed by atoms with Gasteiger partial charge >= 0.3 is 0 Å². The maximum absolute atomic E-state index is 12.6. The van der Waals surface area contributed by atoms with Gasteiger partial charge in [-0.3, -0.25) is 9.69 Å². The van der Waals surface area contributed by atoms with E-state index in [1.165, 1.54) is 11.3 Å². The smallest absolute Gasteiger partial charge is 0.234 e. The van der Waals surface area contributed by atoms with Crippen LogP contribution < -0.4 is 10.2 Å². The molecule has 1 N–H and O–H groups in total. The van der Waals surface area contributed by atoms with Crippen LogP contribution in [0, 0.1) is 18.8 Å². The number of carbonyl (C=O) groups is 1. The largest absolute Gasteiger partial charge is 0.384 e. The van der Waals surface area contributed by atoms with Crippen molar-refractivity contribution < 1.29 is 14.3 Å². The fraction of sp³-hybridized carbons (Fsp3) is 0.667. The first kappa shape index (κ1) is 18.7. The van der Waals surface area contributed by atoms with Gasteiger partial charge < -0.3 is 19.7 Å². The number of aryl methyl sites for hydroxylation is 1. The summed E-state index contributed by atoms with van der Waals surface area (Å²) in [5, 5.41) is 3.27. The number of nitrogens with zero attached hydrogens (tertiary/aromatic N) is 2. The number of nitrogens with one attached hydrogen (secondary N) is 1. The average molecular weight is 373 g/mol. The molecule has 0 aromatic heterocycles. The maximum Gasteiger partial charge on any atom is 0.234 e. The molecule has 3 fully saturated rings. The van der Waals surface area contributed by atoms with Crippen molar-refractivity contribution in [2.45, 2.75) is 25.5 Å². The molecule has 1 aliphatic carbocycles. The number of amides is 1. The molecule has 3 aliphatic rings. The van der Waals surface area contributed by atoms with Crippen molar-refractivity contribution in [3.8, 4) is 0 Å². The van der Waals surface area contributed by atoms with E-state index in [0.29, 0.717) is 25.0 Å².